The predicted octanol–water partition coefficient (Wildman–Crippen LogP) is 1.89. The van der Waals surface area contributed by atoms with Crippen LogP contribution in [-0.2, 0) is 10.1 Å². The Hall–Kier alpha value is -1.22. The second-order valence-electron chi connectivity index (χ2n) is 2.97. The Balaban J connectivity index is 2.27. The second kappa shape index (κ2) is 3.91. The Kier molecular flexibility index (Phi) is 2.82. The number of halogens is 3. The van der Waals surface area contributed by atoms with Crippen molar-refractivity contribution in [1.29, 1.82) is 0 Å². The average molecular weight is 286 g/mol. The zero-order chi connectivity index (χ0) is 12.7. The molecule has 4 nitrogen and oxygen atoms in total. The number of benzene rings is 1. The summed E-state index contributed by atoms with van der Waals surface area (Å²) in [6.45, 7) is 0. The molecule has 0 atom stereocenters. The van der Waals surface area contributed by atoms with Crippen LogP contribution in [0.15, 0.2) is 23.1 Å². The van der Waals surface area contributed by atoms with Crippen LogP contribution in [0.2, 0.25) is 0 Å². The molecule has 1 aromatic carbocycles. The first-order valence-corrected chi connectivity index (χ1v) is 6.51. The molecular formula is C8H5F3O4S2. The first kappa shape index (κ1) is 12.2. The Labute approximate surface area is 98.0 Å². The molecule has 1 aromatic rings. The van der Waals surface area contributed by atoms with Crippen LogP contribution in [0, 0.1) is 0 Å². The normalized spacial score (nSPS) is 14.8. The van der Waals surface area contributed by atoms with Gasteiger partial charge in [-0.05, 0) is 12.1 Å². The summed E-state index contributed by atoms with van der Waals surface area (Å²) in [6.07, 6.45) is 0. The summed E-state index contributed by atoms with van der Waals surface area (Å²) in [5.41, 5.74) is -4.02. The number of fused-ring (bicyclic) bond motifs is 1. The monoisotopic (exact) mass is 286 g/mol. The van der Waals surface area contributed by atoms with Gasteiger partial charge in [0, 0.05) is 11.0 Å². The van der Waals surface area contributed by atoms with E-state index < -0.39 is 21.4 Å². The molecule has 0 saturated heterocycles. The summed E-state index contributed by atoms with van der Waals surface area (Å²) in [5, 5.41) is 0. The minimum absolute atomic E-state index is 0.279. The third kappa shape index (κ3) is 2.39. The molecule has 1 heterocycles. The van der Waals surface area contributed by atoms with E-state index in [1.54, 1.807) is 0 Å². The van der Waals surface area contributed by atoms with E-state index in [-0.39, 0.29) is 5.75 Å². The average Bonchev–Trinajstić information content (AvgIpc) is 2.62. The van der Waals surface area contributed by atoms with Gasteiger partial charge in [0.15, 0.2) is 0 Å². The molecule has 0 spiro atoms. The highest BCUT2D eigenvalue weighted by molar-refractivity contribution is 7.97. The maximum absolute atomic E-state index is 12.0. The Morgan fingerprint density at radius 3 is 2.65 bits per heavy atom. The number of hydrogen-bond acceptors (Lipinski definition) is 4. The topological polar surface area (TPSA) is 52.6 Å². The SMILES string of the molecule is O=S(=O)(Oc1ccc2c(c1)OC=[SH]2)C(F)(F)F. The summed E-state index contributed by atoms with van der Waals surface area (Å²) >= 11 is 0.752. The molecule has 1 aliphatic rings. The zero-order valence-electron chi connectivity index (χ0n) is 7.93. The lowest BCUT2D eigenvalue weighted by Gasteiger charge is -2.09. The fraction of sp³-hybridized carbons (Fsp3) is 0.125. The maximum atomic E-state index is 12.0. The second-order valence-corrected chi connectivity index (χ2v) is 5.45. The Morgan fingerprint density at radius 2 is 2.00 bits per heavy atom. The summed E-state index contributed by atoms with van der Waals surface area (Å²) in [5.74, 6) is -0.159. The van der Waals surface area contributed by atoms with E-state index in [9.17, 15) is 21.6 Å². The van der Waals surface area contributed by atoms with Crippen LogP contribution in [0.3, 0.4) is 0 Å². The van der Waals surface area contributed by atoms with Crippen LogP contribution in [0.5, 0.6) is 11.5 Å². The van der Waals surface area contributed by atoms with Gasteiger partial charge in [-0.3, -0.25) is 0 Å². The molecule has 9 heteroatoms. The number of rotatable bonds is 2. The lowest BCUT2D eigenvalue weighted by molar-refractivity contribution is -0.0500. The fourth-order valence-corrected chi connectivity index (χ4v) is 2.20. The van der Waals surface area contributed by atoms with Gasteiger partial charge in [0.25, 0.3) is 0 Å². The van der Waals surface area contributed by atoms with E-state index in [1.807, 2.05) is 0 Å². The van der Waals surface area contributed by atoms with Gasteiger partial charge in [-0.2, -0.15) is 21.6 Å². The molecule has 0 unspecified atom stereocenters. The van der Waals surface area contributed by atoms with Crippen LogP contribution in [0.4, 0.5) is 13.2 Å². The lowest BCUT2D eigenvalue weighted by atomic mass is 10.3. The van der Waals surface area contributed by atoms with Gasteiger partial charge >= 0.3 is 15.6 Å². The summed E-state index contributed by atoms with van der Waals surface area (Å²) in [6, 6.07) is 3.66. The molecule has 17 heavy (non-hydrogen) atoms. The summed E-state index contributed by atoms with van der Waals surface area (Å²) in [7, 11) is -5.64. The van der Waals surface area contributed by atoms with Gasteiger partial charge in [0.05, 0.1) is 0 Å². The highest BCUT2D eigenvalue weighted by Crippen LogP contribution is 2.35. The van der Waals surface area contributed by atoms with Crippen molar-refractivity contribution >= 4 is 27.0 Å². The van der Waals surface area contributed by atoms with Crippen molar-refractivity contribution in [2.45, 2.75) is 10.4 Å². The summed E-state index contributed by atoms with van der Waals surface area (Å²) < 4.78 is 66.5. The van der Waals surface area contributed by atoms with Crippen LogP contribution >= 0.6 is 11.4 Å². The van der Waals surface area contributed by atoms with E-state index in [0.29, 0.717) is 0 Å². The molecule has 0 fully saturated rings. The van der Waals surface area contributed by atoms with Crippen molar-refractivity contribution in [3.8, 4) is 11.5 Å². The number of alkyl halides is 3. The molecule has 94 valence electrons. The first-order valence-electron chi connectivity index (χ1n) is 4.13. The molecule has 0 aromatic heterocycles. The van der Waals surface area contributed by atoms with Crippen molar-refractivity contribution < 1.29 is 30.5 Å². The van der Waals surface area contributed by atoms with Gasteiger partial charge in [-0.25, -0.2) is 0 Å². The van der Waals surface area contributed by atoms with Crippen LogP contribution in [0.25, 0.3) is 0 Å². The molecule has 0 amide bonds. The van der Waals surface area contributed by atoms with Gasteiger partial charge in [-0.1, -0.05) is 0 Å². The lowest BCUT2D eigenvalue weighted by Crippen LogP contribution is -2.28. The molecule has 1 aliphatic heterocycles. The third-order valence-electron chi connectivity index (χ3n) is 1.79. The van der Waals surface area contributed by atoms with Crippen molar-refractivity contribution in [2.75, 3.05) is 0 Å². The number of ether oxygens (including phenoxy) is 1. The van der Waals surface area contributed by atoms with E-state index in [1.165, 1.54) is 11.6 Å². The summed E-state index contributed by atoms with van der Waals surface area (Å²) in [4.78, 5) is 0.724. The highest BCUT2D eigenvalue weighted by Gasteiger charge is 2.48. The van der Waals surface area contributed by atoms with Crippen molar-refractivity contribution in [3.63, 3.8) is 0 Å². The maximum Gasteiger partial charge on any atom is 0.534 e. The van der Waals surface area contributed by atoms with Crippen LogP contribution in [-0.4, -0.2) is 19.5 Å². The van der Waals surface area contributed by atoms with Crippen molar-refractivity contribution in [2.24, 2.45) is 0 Å². The largest absolute Gasteiger partial charge is 0.534 e. The van der Waals surface area contributed by atoms with E-state index in [2.05, 4.69) is 4.18 Å². The van der Waals surface area contributed by atoms with Crippen molar-refractivity contribution in [1.82, 2.24) is 0 Å². The van der Waals surface area contributed by atoms with E-state index in [4.69, 9.17) is 4.74 Å². The molecule has 2 rings (SSSR count). The standard InChI is InChI=1S/C8H5F3O4S2/c9-8(10,11)17(12,13)15-5-1-2-7-6(3-5)14-4-16-7/h1-4,16H. The minimum Gasteiger partial charge on any atom is -0.458 e. The smallest absolute Gasteiger partial charge is 0.458 e. The van der Waals surface area contributed by atoms with Crippen molar-refractivity contribution in [3.05, 3.63) is 18.2 Å². The molecule has 0 N–H and O–H groups in total. The highest BCUT2D eigenvalue weighted by atomic mass is 32.2. The third-order valence-corrected chi connectivity index (χ3v) is 3.63. The van der Waals surface area contributed by atoms with E-state index in [0.717, 1.165) is 28.4 Å². The van der Waals surface area contributed by atoms with Gasteiger partial charge in [0.1, 0.15) is 17.1 Å². The van der Waals surface area contributed by atoms with Gasteiger partial charge < -0.3 is 8.92 Å². The predicted molar refractivity (Wildman–Crippen MR) is 56.0 cm³/mol. The van der Waals surface area contributed by atoms with Crippen LogP contribution < -0.4 is 8.92 Å². The Morgan fingerprint density at radius 1 is 1.29 bits per heavy atom. The van der Waals surface area contributed by atoms with Crippen LogP contribution in [0.1, 0.15) is 0 Å². The zero-order valence-corrected chi connectivity index (χ0v) is 9.64. The number of hydrogen-bond donors (Lipinski definition) is 1. The minimum atomic E-state index is -5.64. The molecular weight excluding hydrogens is 281 g/mol. The molecule has 0 aliphatic carbocycles. The quantitative estimate of drug-likeness (QED) is 0.390. The molecule has 0 radical (unpaired) electrons. The van der Waals surface area contributed by atoms with Gasteiger partial charge in [-0.15, -0.1) is 11.4 Å². The van der Waals surface area contributed by atoms with Gasteiger partial charge in [0.2, 0.25) is 0 Å². The van der Waals surface area contributed by atoms with E-state index >= 15 is 0 Å². The Bertz CT molecular complexity index is 577. The molecule has 0 saturated carbocycles. The fourth-order valence-electron chi connectivity index (χ4n) is 1.06. The molecule has 0 bridgehead atoms. The first-order chi connectivity index (χ1) is 7.79. The number of thiol groups is 1.